The molecule has 4 rings (SSSR count). The summed E-state index contributed by atoms with van der Waals surface area (Å²) in [6.07, 6.45) is 20.1. The molecular formula is C29H46O3. The number of rotatable bonds is 9. The molecule has 6 atom stereocenters. The van der Waals surface area contributed by atoms with Crippen LogP contribution in [0.25, 0.3) is 0 Å². The molecule has 0 aromatic rings. The minimum Gasteiger partial charge on any atom is -0.462 e. The Balaban J connectivity index is 1.31. The third-order valence-electron chi connectivity index (χ3n) is 10.1. The molecule has 3 heteroatoms. The van der Waals surface area contributed by atoms with Crippen LogP contribution in [0.1, 0.15) is 124 Å². The van der Waals surface area contributed by atoms with Gasteiger partial charge >= 0.3 is 5.97 Å². The molecule has 3 nitrogen and oxygen atoms in total. The van der Waals surface area contributed by atoms with Crippen LogP contribution in [0.5, 0.6) is 0 Å². The van der Waals surface area contributed by atoms with Crippen molar-refractivity contribution in [2.45, 2.75) is 130 Å². The quantitative estimate of drug-likeness (QED) is 0.273. The average Bonchev–Trinajstić information content (AvgIpc) is 3.10. The van der Waals surface area contributed by atoms with Crippen LogP contribution in [0, 0.1) is 28.6 Å². The van der Waals surface area contributed by atoms with Crippen LogP contribution in [0.15, 0.2) is 11.6 Å². The standard InChI is InChI=1S/C29H46O3/c1-4-5-6-7-8-9-10-11-27(31)32-26-15-14-24-23-13-12-21-20-22(30)16-18-28(21,2)25(23)17-19-29(24,26)3/h20,23-26H,4-19H2,1-3H3/t23-,24-,25-,26-,28+,29+/m1/s1. The molecule has 0 radical (unpaired) electrons. The summed E-state index contributed by atoms with van der Waals surface area (Å²) in [6, 6.07) is 0. The summed E-state index contributed by atoms with van der Waals surface area (Å²) in [4.78, 5) is 24.7. The summed E-state index contributed by atoms with van der Waals surface area (Å²) in [6.45, 7) is 7.11. The minimum atomic E-state index is 0.0409. The van der Waals surface area contributed by atoms with E-state index < -0.39 is 0 Å². The smallest absolute Gasteiger partial charge is 0.306 e. The lowest BCUT2D eigenvalue weighted by molar-refractivity contribution is -0.160. The van der Waals surface area contributed by atoms with E-state index in [-0.39, 0.29) is 22.9 Å². The predicted molar refractivity (Wildman–Crippen MR) is 129 cm³/mol. The van der Waals surface area contributed by atoms with E-state index in [1.165, 1.54) is 63.4 Å². The molecule has 0 unspecified atom stereocenters. The second kappa shape index (κ2) is 10.0. The van der Waals surface area contributed by atoms with Gasteiger partial charge in [0.25, 0.3) is 0 Å². The Hall–Kier alpha value is -1.12. The maximum atomic E-state index is 12.6. The van der Waals surface area contributed by atoms with Gasteiger partial charge in [0.05, 0.1) is 0 Å². The molecule has 0 bridgehead atoms. The van der Waals surface area contributed by atoms with Crippen molar-refractivity contribution >= 4 is 11.8 Å². The van der Waals surface area contributed by atoms with Gasteiger partial charge in [-0.3, -0.25) is 9.59 Å². The molecule has 3 fully saturated rings. The first kappa shape index (κ1) is 24.0. The normalized spacial score (nSPS) is 38.5. The van der Waals surface area contributed by atoms with E-state index in [0.29, 0.717) is 24.0 Å². The van der Waals surface area contributed by atoms with Crippen molar-refractivity contribution in [1.82, 2.24) is 0 Å². The number of fused-ring (bicyclic) bond motifs is 5. The number of carbonyl (C=O) groups excluding carboxylic acids is 2. The molecule has 0 heterocycles. The fraction of sp³-hybridized carbons (Fsp3) is 0.862. The third kappa shape index (κ3) is 4.60. The van der Waals surface area contributed by atoms with Gasteiger partial charge in [0, 0.05) is 18.3 Å². The Morgan fingerprint density at radius 2 is 1.69 bits per heavy atom. The molecule has 0 aromatic heterocycles. The number of ketones is 1. The maximum absolute atomic E-state index is 12.6. The third-order valence-corrected chi connectivity index (χ3v) is 10.1. The molecule has 4 aliphatic rings. The van der Waals surface area contributed by atoms with Crippen molar-refractivity contribution in [3.63, 3.8) is 0 Å². The van der Waals surface area contributed by atoms with E-state index in [1.807, 2.05) is 6.08 Å². The lowest BCUT2D eigenvalue weighted by Gasteiger charge is -2.57. The highest BCUT2D eigenvalue weighted by molar-refractivity contribution is 5.91. The van der Waals surface area contributed by atoms with Gasteiger partial charge in [0.2, 0.25) is 0 Å². The van der Waals surface area contributed by atoms with Gasteiger partial charge in [0.1, 0.15) is 6.10 Å². The van der Waals surface area contributed by atoms with E-state index in [4.69, 9.17) is 4.74 Å². The minimum absolute atomic E-state index is 0.0409. The number of hydrogen-bond donors (Lipinski definition) is 0. The van der Waals surface area contributed by atoms with Crippen LogP contribution in [-0.2, 0) is 14.3 Å². The number of carbonyl (C=O) groups is 2. The van der Waals surface area contributed by atoms with Crippen LogP contribution in [-0.4, -0.2) is 17.9 Å². The Morgan fingerprint density at radius 3 is 2.47 bits per heavy atom. The second-order valence-electron chi connectivity index (χ2n) is 11.9. The second-order valence-corrected chi connectivity index (χ2v) is 11.9. The van der Waals surface area contributed by atoms with Crippen LogP contribution in [0.3, 0.4) is 0 Å². The van der Waals surface area contributed by atoms with Gasteiger partial charge in [-0.1, -0.05) is 64.9 Å². The topological polar surface area (TPSA) is 43.4 Å². The predicted octanol–water partition coefficient (Wildman–Crippen LogP) is 7.57. The van der Waals surface area contributed by atoms with Crippen molar-refractivity contribution < 1.29 is 14.3 Å². The van der Waals surface area contributed by atoms with Crippen molar-refractivity contribution in [2.24, 2.45) is 28.6 Å². The molecule has 0 saturated heterocycles. The summed E-state index contributed by atoms with van der Waals surface area (Å²) in [5.41, 5.74) is 1.82. The van der Waals surface area contributed by atoms with E-state index >= 15 is 0 Å². The zero-order chi connectivity index (χ0) is 22.8. The first-order valence-corrected chi connectivity index (χ1v) is 13.8. The van der Waals surface area contributed by atoms with Gasteiger partial charge in [-0.05, 0) is 80.6 Å². The zero-order valence-corrected chi connectivity index (χ0v) is 20.9. The van der Waals surface area contributed by atoms with Gasteiger partial charge in [-0.25, -0.2) is 0 Å². The fourth-order valence-electron chi connectivity index (χ4n) is 8.15. The Morgan fingerprint density at radius 1 is 0.938 bits per heavy atom. The number of hydrogen-bond acceptors (Lipinski definition) is 3. The first-order valence-electron chi connectivity index (χ1n) is 13.8. The van der Waals surface area contributed by atoms with Crippen LogP contribution in [0.2, 0.25) is 0 Å². The van der Waals surface area contributed by atoms with Gasteiger partial charge in [-0.15, -0.1) is 0 Å². The van der Waals surface area contributed by atoms with Crippen LogP contribution < -0.4 is 0 Å². The highest BCUT2D eigenvalue weighted by Gasteiger charge is 2.59. The Labute approximate surface area is 196 Å². The molecule has 0 aliphatic heterocycles. The number of allylic oxidation sites excluding steroid dienone is 1. The van der Waals surface area contributed by atoms with Crippen molar-refractivity contribution in [3.8, 4) is 0 Å². The molecular weight excluding hydrogens is 396 g/mol. The van der Waals surface area contributed by atoms with Gasteiger partial charge in [0.15, 0.2) is 5.78 Å². The largest absolute Gasteiger partial charge is 0.462 e. The van der Waals surface area contributed by atoms with Gasteiger partial charge < -0.3 is 4.74 Å². The Kier molecular flexibility index (Phi) is 7.52. The molecule has 0 aromatic carbocycles. The van der Waals surface area contributed by atoms with E-state index in [9.17, 15) is 9.59 Å². The molecule has 0 spiro atoms. The highest BCUT2D eigenvalue weighted by Crippen LogP contribution is 2.65. The lowest BCUT2D eigenvalue weighted by Crippen LogP contribution is -2.51. The maximum Gasteiger partial charge on any atom is 0.306 e. The fourth-order valence-corrected chi connectivity index (χ4v) is 8.15. The zero-order valence-electron chi connectivity index (χ0n) is 20.9. The van der Waals surface area contributed by atoms with Crippen LogP contribution in [0.4, 0.5) is 0 Å². The summed E-state index contributed by atoms with van der Waals surface area (Å²) < 4.78 is 6.16. The molecule has 3 saturated carbocycles. The van der Waals surface area contributed by atoms with E-state index in [0.717, 1.165) is 44.4 Å². The summed E-state index contributed by atoms with van der Waals surface area (Å²) >= 11 is 0. The molecule has 4 aliphatic carbocycles. The monoisotopic (exact) mass is 442 g/mol. The van der Waals surface area contributed by atoms with Gasteiger partial charge in [-0.2, -0.15) is 0 Å². The number of ether oxygens (including phenoxy) is 1. The average molecular weight is 443 g/mol. The lowest BCUT2D eigenvalue weighted by atomic mass is 9.47. The summed E-state index contributed by atoms with van der Waals surface area (Å²) in [5.74, 6) is 2.49. The summed E-state index contributed by atoms with van der Waals surface area (Å²) in [7, 11) is 0. The molecule has 0 amide bonds. The molecule has 0 N–H and O–H groups in total. The molecule has 32 heavy (non-hydrogen) atoms. The van der Waals surface area contributed by atoms with Crippen molar-refractivity contribution in [2.75, 3.05) is 0 Å². The molecule has 180 valence electrons. The van der Waals surface area contributed by atoms with E-state index in [2.05, 4.69) is 20.8 Å². The SMILES string of the molecule is CCCCCCCCCC(=O)O[C@@H]1CC[C@@H]2[C@H]3CCC4=CC(=O)CC[C@]4(C)[C@@H]3CC[C@@]21C. The number of esters is 1. The summed E-state index contributed by atoms with van der Waals surface area (Å²) in [5, 5.41) is 0. The Bertz CT molecular complexity index is 724. The van der Waals surface area contributed by atoms with Crippen LogP contribution >= 0.6 is 0 Å². The highest BCUT2D eigenvalue weighted by atomic mass is 16.5. The van der Waals surface area contributed by atoms with Crippen molar-refractivity contribution in [1.29, 1.82) is 0 Å². The van der Waals surface area contributed by atoms with Crippen molar-refractivity contribution in [3.05, 3.63) is 11.6 Å². The first-order chi connectivity index (χ1) is 15.4. The number of unbranched alkanes of at least 4 members (excludes halogenated alkanes) is 6. The van der Waals surface area contributed by atoms with E-state index in [1.54, 1.807) is 0 Å².